The first-order chi connectivity index (χ1) is 14.0. The Labute approximate surface area is 176 Å². The number of rotatable bonds is 8. The molecule has 9 nitrogen and oxygen atoms in total. The zero-order chi connectivity index (χ0) is 22.0. The van der Waals surface area contributed by atoms with E-state index in [1.807, 2.05) is 66.0 Å². The van der Waals surface area contributed by atoms with E-state index >= 15 is 0 Å². The molecule has 0 aliphatic carbocycles. The Balaban J connectivity index is 2.02. The maximum Gasteiger partial charge on any atom is 0.369 e. The summed E-state index contributed by atoms with van der Waals surface area (Å²) in [6.45, 7) is -0.254. The highest BCUT2D eigenvalue weighted by molar-refractivity contribution is 7.72. The molecule has 3 rings (SSSR count). The van der Waals surface area contributed by atoms with Crippen LogP contribution in [0, 0.1) is 0 Å². The summed E-state index contributed by atoms with van der Waals surface area (Å²) < 4.78 is 25.1. The van der Waals surface area contributed by atoms with Crippen molar-refractivity contribution in [3.8, 4) is 11.3 Å². The van der Waals surface area contributed by atoms with E-state index in [0.717, 1.165) is 11.3 Å². The van der Waals surface area contributed by atoms with E-state index in [2.05, 4.69) is 5.32 Å². The zero-order valence-electron chi connectivity index (χ0n) is 15.6. The fourth-order valence-electron chi connectivity index (χ4n) is 2.87. The summed E-state index contributed by atoms with van der Waals surface area (Å²) in [4.78, 5) is 37.8. The van der Waals surface area contributed by atoms with Gasteiger partial charge in [0.15, 0.2) is 0 Å². The van der Waals surface area contributed by atoms with Gasteiger partial charge < -0.3 is 24.7 Å². The van der Waals surface area contributed by atoms with Gasteiger partial charge >= 0.3 is 20.3 Å². The number of hydrogen-bond donors (Lipinski definition) is 6. The van der Waals surface area contributed by atoms with E-state index in [1.165, 1.54) is 11.3 Å². The van der Waals surface area contributed by atoms with Gasteiger partial charge in [0.1, 0.15) is 11.4 Å². The Morgan fingerprint density at radius 3 is 1.97 bits per heavy atom. The van der Waals surface area contributed by atoms with Gasteiger partial charge in [-0.05, 0) is 12.1 Å². The highest BCUT2D eigenvalue weighted by Crippen LogP contribution is 2.68. The Hall–Kier alpha value is -1.87. The van der Waals surface area contributed by atoms with Crippen molar-refractivity contribution < 1.29 is 38.4 Å². The summed E-state index contributed by atoms with van der Waals surface area (Å²) in [5.41, 5.74) is 2.22. The Morgan fingerprint density at radius 1 is 0.900 bits per heavy atom. The second kappa shape index (κ2) is 8.70. The van der Waals surface area contributed by atoms with Gasteiger partial charge in [0.05, 0.1) is 6.54 Å². The average molecular weight is 471 g/mol. The van der Waals surface area contributed by atoms with Crippen LogP contribution in [-0.4, -0.2) is 29.8 Å². The van der Waals surface area contributed by atoms with Gasteiger partial charge in [-0.2, -0.15) is 0 Å². The first-order valence-corrected chi connectivity index (χ1v) is 12.9. The predicted molar refractivity (Wildman–Crippen MR) is 113 cm³/mol. The molecule has 12 heteroatoms. The summed E-state index contributed by atoms with van der Waals surface area (Å²) in [7, 11) is -11.1. The molecule has 0 spiro atoms. The number of nitrogens with zero attached hydrogens (tertiary/aromatic N) is 1. The quantitative estimate of drug-likeness (QED) is 0.217. The van der Waals surface area contributed by atoms with Crippen LogP contribution in [0.2, 0.25) is 0 Å². The van der Waals surface area contributed by atoms with Crippen molar-refractivity contribution in [3.05, 3.63) is 66.0 Å². The molecule has 0 radical (unpaired) electrons. The number of anilines is 2. The third kappa shape index (κ3) is 4.72. The molecule has 1 aromatic heterocycles. The molecule has 3 aromatic rings. The van der Waals surface area contributed by atoms with Crippen molar-refractivity contribution in [2.75, 3.05) is 5.32 Å². The van der Waals surface area contributed by atoms with Crippen LogP contribution >= 0.6 is 26.5 Å². The van der Waals surface area contributed by atoms with E-state index in [9.17, 15) is 33.8 Å². The Kier molecular flexibility index (Phi) is 6.62. The number of aromatic nitrogens is 1. The summed E-state index contributed by atoms with van der Waals surface area (Å²) in [5.74, 6) is 0. The van der Waals surface area contributed by atoms with Gasteiger partial charge in [-0.3, -0.25) is 9.13 Å². The van der Waals surface area contributed by atoms with E-state index in [0.29, 0.717) is 10.8 Å². The van der Waals surface area contributed by atoms with Crippen molar-refractivity contribution in [1.82, 2.24) is 0 Å². The molecule has 0 fully saturated rings. The van der Waals surface area contributed by atoms with E-state index in [4.69, 9.17) is 0 Å². The molecule has 0 saturated carbocycles. The molecule has 160 valence electrons. The van der Waals surface area contributed by atoms with Gasteiger partial charge in [0.25, 0.3) is 5.08 Å². The number of para-hydroxylation sites is 1. The number of nitrogens with one attached hydrogen (secondary N) is 1. The minimum Gasteiger partial charge on any atom is -0.367 e. The number of hydrogen-bond acceptors (Lipinski definition) is 5. The third-order valence-electron chi connectivity index (χ3n) is 4.52. The van der Waals surface area contributed by atoms with E-state index in [1.54, 1.807) is 4.57 Å². The monoisotopic (exact) mass is 471 g/mol. The standard InChI is InChI=1S/C18H20N2O7P2S/c21-18(28(22,23)24,29(25,26)27)11-12-20-16(14-7-3-1-4-8-14)13-30-17(20)19-15-9-5-2-6-10-15/h1-10,13,21H,11-12H2,(H4,22,23,24,25,26,27)/p+1. The van der Waals surface area contributed by atoms with Crippen molar-refractivity contribution in [2.45, 2.75) is 18.0 Å². The highest BCUT2D eigenvalue weighted by Gasteiger charge is 2.59. The molecule has 2 aromatic carbocycles. The van der Waals surface area contributed by atoms with Gasteiger partial charge in [0.2, 0.25) is 0 Å². The first-order valence-electron chi connectivity index (χ1n) is 8.75. The molecule has 0 aliphatic heterocycles. The third-order valence-corrected chi connectivity index (χ3v) is 9.28. The zero-order valence-corrected chi connectivity index (χ0v) is 18.2. The molecule has 0 amide bonds. The summed E-state index contributed by atoms with van der Waals surface area (Å²) in [6.07, 6.45) is -0.855. The van der Waals surface area contributed by atoms with Gasteiger partial charge in [-0.1, -0.05) is 59.9 Å². The van der Waals surface area contributed by atoms with Crippen LogP contribution in [0.4, 0.5) is 10.8 Å². The smallest absolute Gasteiger partial charge is 0.367 e. The normalized spacial score (nSPS) is 12.7. The molecule has 6 N–H and O–H groups in total. The van der Waals surface area contributed by atoms with Crippen molar-refractivity contribution in [1.29, 1.82) is 0 Å². The molecule has 0 aliphatic rings. The summed E-state index contributed by atoms with van der Waals surface area (Å²) in [5, 5.41) is 12.4. The number of aliphatic hydroxyl groups is 1. The van der Waals surface area contributed by atoms with Crippen LogP contribution in [0.1, 0.15) is 6.42 Å². The molecular formula is C18H21N2O7P2S+. The minimum atomic E-state index is -5.53. The van der Waals surface area contributed by atoms with Crippen LogP contribution < -0.4 is 9.88 Å². The van der Waals surface area contributed by atoms with Crippen LogP contribution in [0.5, 0.6) is 0 Å². The number of benzene rings is 2. The largest absolute Gasteiger partial charge is 0.369 e. The van der Waals surface area contributed by atoms with Crippen LogP contribution in [-0.2, 0) is 15.7 Å². The lowest BCUT2D eigenvalue weighted by Gasteiger charge is -2.28. The fourth-order valence-corrected chi connectivity index (χ4v) is 5.99. The maximum atomic E-state index is 11.7. The van der Waals surface area contributed by atoms with E-state index < -0.39 is 26.7 Å². The number of thiazole rings is 1. The lowest BCUT2D eigenvalue weighted by Crippen LogP contribution is -2.41. The molecule has 0 saturated heterocycles. The van der Waals surface area contributed by atoms with Gasteiger partial charge in [0, 0.05) is 17.4 Å². The second-order valence-electron chi connectivity index (χ2n) is 6.55. The SMILES string of the molecule is O=P(O)(O)C(O)(CC[n+]1c(-c2ccccc2)csc1Nc1ccccc1)P(=O)(O)O. The topological polar surface area (TPSA) is 151 Å². The van der Waals surface area contributed by atoms with Gasteiger partial charge in [-0.25, -0.2) is 9.88 Å². The molecule has 0 bridgehead atoms. The average Bonchev–Trinajstić information content (AvgIpc) is 3.08. The molecular weight excluding hydrogens is 450 g/mol. The van der Waals surface area contributed by atoms with Crippen LogP contribution in [0.3, 0.4) is 0 Å². The maximum absolute atomic E-state index is 11.7. The Morgan fingerprint density at radius 2 is 1.43 bits per heavy atom. The Bertz CT molecular complexity index is 1070. The molecule has 30 heavy (non-hydrogen) atoms. The van der Waals surface area contributed by atoms with Gasteiger partial charge in [-0.15, -0.1) is 0 Å². The molecule has 0 unspecified atom stereocenters. The van der Waals surface area contributed by atoms with Crippen LogP contribution in [0.25, 0.3) is 11.3 Å². The lowest BCUT2D eigenvalue weighted by atomic mass is 10.2. The van der Waals surface area contributed by atoms with Crippen LogP contribution in [0.15, 0.2) is 66.0 Å². The lowest BCUT2D eigenvalue weighted by molar-refractivity contribution is -0.669. The highest BCUT2D eigenvalue weighted by atomic mass is 32.1. The fraction of sp³-hybridized carbons (Fsp3) is 0.167. The van der Waals surface area contributed by atoms with Crippen molar-refractivity contribution in [3.63, 3.8) is 0 Å². The van der Waals surface area contributed by atoms with E-state index in [-0.39, 0.29) is 6.54 Å². The second-order valence-corrected chi connectivity index (χ2v) is 11.4. The summed E-state index contributed by atoms with van der Waals surface area (Å²) >= 11 is 1.31. The minimum absolute atomic E-state index is 0.254. The molecule has 1 heterocycles. The summed E-state index contributed by atoms with van der Waals surface area (Å²) in [6, 6.07) is 18.3. The van der Waals surface area contributed by atoms with Crippen molar-refractivity contribution >= 4 is 37.3 Å². The first kappa shape index (κ1) is 22.8. The van der Waals surface area contributed by atoms with Crippen molar-refractivity contribution in [2.24, 2.45) is 0 Å². The molecule has 0 atom stereocenters. The predicted octanol–water partition coefficient (Wildman–Crippen LogP) is 2.84.